The van der Waals surface area contributed by atoms with Crippen LogP contribution in [0.5, 0.6) is 0 Å². The first-order valence-corrected chi connectivity index (χ1v) is 16.4. The fourth-order valence-corrected chi connectivity index (χ4v) is 4.71. The minimum absolute atomic E-state index is 0.205. The monoisotopic (exact) mass is 529 g/mol. The van der Waals surface area contributed by atoms with E-state index in [4.69, 9.17) is 0 Å². The second kappa shape index (κ2) is 32.0. The van der Waals surface area contributed by atoms with E-state index in [-0.39, 0.29) is 12.2 Å². The Bertz CT molecular complexity index is 379. The lowest BCUT2D eigenvalue weighted by Gasteiger charge is -2.13. The molecule has 0 aromatic rings. The van der Waals surface area contributed by atoms with Crippen LogP contribution in [0.3, 0.4) is 0 Å². The number of rotatable bonds is 32. The molecule has 2 unspecified atom stereocenters. The zero-order valence-corrected chi connectivity index (χ0v) is 25.1. The van der Waals surface area contributed by atoms with Crippen LogP contribution in [0.4, 0.5) is 0 Å². The zero-order valence-electron chi connectivity index (χ0n) is 25.1. The third-order valence-corrected chi connectivity index (χ3v) is 7.21. The Labute approximate surface area is 231 Å². The Balaban J connectivity index is 3.20. The third kappa shape index (κ3) is 31.9. The summed E-state index contributed by atoms with van der Waals surface area (Å²) in [6.45, 7) is 11.7. The van der Waals surface area contributed by atoms with Gasteiger partial charge in [0.25, 0.3) is 0 Å². The molecule has 0 saturated carbocycles. The molecule has 0 amide bonds. The van der Waals surface area contributed by atoms with Gasteiger partial charge in [-0.1, -0.05) is 117 Å². The molecule has 0 radical (unpaired) electrons. The van der Waals surface area contributed by atoms with Gasteiger partial charge in [-0.15, -0.1) is 0 Å². The molecule has 0 aliphatic rings. The Morgan fingerprint density at radius 3 is 1.08 bits per heavy atom. The van der Waals surface area contributed by atoms with Crippen molar-refractivity contribution in [3.8, 4) is 0 Å². The molecule has 0 aromatic carbocycles. The SMILES string of the molecule is CCCCCCCCCCC(O)CNCCNCCCNCCNCC(O)CCCCCCCCCC. The van der Waals surface area contributed by atoms with E-state index in [9.17, 15) is 10.2 Å². The van der Waals surface area contributed by atoms with E-state index >= 15 is 0 Å². The number of hydrogen-bond donors (Lipinski definition) is 6. The summed E-state index contributed by atoms with van der Waals surface area (Å²) in [5, 5.41) is 33.8. The fraction of sp³-hybridized carbons (Fsp3) is 1.00. The smallest absolute Gasteiger partial charge is 0.0664 e. The van der Waals surface area contributed by atoms with Gasteiger partial charge in [0.1, 0.15) is 0 Å². The van der Waals surface area contributed by atoms with Crippen LogP contribution in [-0.2, 0) is 0 Å². The lowest BCUT2D eigenvalue weighted by Crippen LogP contribution is -2.35. The van der Waals surface area contributed by atoms with Crippen molar-refractivity contribution in [2.75, 3.05) is 52.4 Å². The Morgan fingerprint density at radius 2 is 0.703 bits per heavy atom. The van der Waals surface area contributed by atoms with Crippen LogP contribution >= 0.6 is 0 Å². The highest BCUT2D eigenvalue weighted by molar-refractivity contribution is 4.63. The van der Waals surface area contributed by atoms with Gasteiger partial charge in [0.15, 0.2) is 0 Å². The van der Waals surface area contributed by atoms with Crippen molar-refractivity contribution in [1.82, 2.24) is 21.3 Å². The maximum absolute atomic E-state index is 10.1. The van der Waals surface area contributed by atoms with Crippen molar-refractivity contribution in [2.45, 2.75) is 148 Å². The fourth-order valence-electron chi connectivity index (χ4n) is 4.71. The Kier molecular flexibility index (Phi) is 31.8. The number of hydrogen-bond acceptors (Lipinski definition) is 6. The molecule has 0 rings (SSSR count). The van der Waals surface area contributed by atoms with Crippen LogP contribution in [-0.4, -0.2) is 74.8 Å². The minimum Gasteiger partial charge on any atom is -0.392 e. The molecule has 0 bridgehead atoms. The third-order valence-electron chi connectivity index (χ3n) is 7.21. The standard InChI is InChI=1S/C31H68N4O2/c1-3-5-7-9-11-13-15-17-20-30(36)28-34-26-24-32-22-19-23-33-25-27-35-29-31(37)21-18-16-14-12-10-8-6-4-2/h30-37H,3-29H2,1-2H3. The predicted molar refractivity (Wildman–Crippen MR) is 163 cm³/mol. The van der Waals surface area contributed by atoms with Crippen LogP contribution in [0, 0.1) is 0 Å². The Hall–Kier alpha value is -0.240. The van der Waals surface area contributed by atoms with Gasteiger partial charge < -0.3 is 31.5 Å². The topological polar surface area (TPSA) is 88.6 Å². The van der Waals surface area contributed by atoms with Crippen LogP contribution < -0.4 is 21.3 Å². The van der Waals surface area contributed by atoms with Gasteiger partial charge >= 0.3 is 0 Å². The van der Waals surface area contributed by atoms with E-state index in [0.29, 0.717) is 13.1 Å². The maximum atomic E-state index is 10.1. The molecule has 6 N–H and O–H groups in total. The number of aliphatic hydroxyl groups excluding tert-OH is 2. The molecule has 0 aromatic heterocycles. The van der Waals surface area contributed by atoms with Gasteiger partial charge in [0, 0.05) is 39.3 Å². The van der Waals surface area contributed by atoms with E-state index in [1.165, 1.54) is 89.9 Å². The normalized spacial score (nSPS) is 13.3. The second-order valence-electron chi connectivity index (χ2n) is 11.1. The highest BCUT2D eigenvalue weighted by atomic mass is 16.3. The summed E-state index contributed by atoms with van der Waals surface area (Å²) in [4.78, 5) is 0. The van der Waals surface area contributed by atoms with Crippen LogP contribution in [0.2, 0.25) is 0 Å². The number of unbranched alkanes of at least 4 members (excludes halogenated alkanes) is 14. The molecule has 0 spiro atoms. The van der Waals surface area contributed by atoms with E-state index in [0.717, 1.165) is 71.4 Å². The largest absolute Gasteiger partial charge is 0.392 e. The van der Waals surface area contributed by atoms with Crippen molar-refractivity contribution < 1.29 is 10.2 Å². The number of aliphatic hydroxyl groups is 2. The molecule has 2 atom stereocenters. The molecular formula is C31H68N4O2. The zero-order chi connectivity index (χ0) is 27.1. The molecule has 6 nitrogen and oxygen atoms in total. The summed E-state index contributed by atoms with van der Waals surface area (Å²) in [5.74, 6) is 0. The summed E-state index contributed by atoms with van der Waals surface area (Å²) in [6, 6.07) is 0. The molecule has 0 aliphatic carbocycles. The van der Waals surface area contributed by atoms with E-state index in [2.05, 4.69) is 35.1 Å². The highest BCUT2D eigenvalue weighted by Crippen LogP contribution is 2.11. The van der Waals surface area contributed by atoms with Crippen LogP contribution in [0.1, 0.15) is 136 Å². The van der Waals surface area contributed by atoms with Crippen molar-refractivity contribution in [2.24, 2.45) is 0 Å². The van der Waals surface area contributed by atoms with Crippen LogP contribution in [0.25, 0.3) is 0 Å². The lowest BCUT2D eigenvalue weighted by atomic mass is 10.1. The average Bonchev–Trinajstić information content (AvgIpc) is 2.89. The van der Waals surface area contributed by atoms with Crippen LogP contribution in [0.15, 0.2) is 0 Å². The lowest BCUT2D eigenvalue weighted by molar-refractivity contribution is 0.158. The summed E-state index contributed by atoms with van der Waals surface area (Å²) in [5.41, 5.74) is 0. The first-order chi connectivity index (χ1) is 18.2. The van der Waals surface area contributed by atoms with Crippen molar-refractivity contribution in [3.05, 3.63) is 0 Å². The molecule has 0 aliphatic heterocycles. The van der Waals surface area contributed by atoms with Crippen molar-refractivity contribution >= 4 is 0 Å². The first-order valence-electron chi connectivity index (χ1n) is 16.4. The second-order valence-corrected chi connectivity index (χ2v) is 11.1. The van der Waals surface area contributed by atoms with Crippen molar-refractivity contribution in [1.29, 1.82) is 0 Å². The average molecular weight is 529 g/mol. The van der Waals surface area contributed by atoms with Gasteiger partial charge in [0.05, 0.1) is 12.2 Å². The van der Waals surface area contributed by atoms with Gasteiger partial charge in [-0.25, -0.2) is 0 Å². The molecule has 0 heterocycles. The first kappa shape index (κ1) is 36.8. The maximum Gasteiger partial charge on any atom is 0.0664 e. The van der Waals surface area contributed by atoms with E-state index in [1.807, 2.05) is 0 Å². The Morgan fingerprint density at radius 1 is 0.378 bits per heavy atom. The van der Waals surface area contributed by atoms with Gasteiger partial charge in [-0.3, -0.25) is 0 Å². The summed E-state index contributed by atoms with van der Waals surface area (Å²) >= 11 is 0. The van der Waals surface area contributed by atoms with Crippen molar-refractivity contribution in [3.63, 3.8) is 0 Å². The van der Waals surface area contributed by atoms with Gasteiger partial charge in [-0.05, 0) is 32.4 Å². The summed E-state index contributed by atoms with van der Waals surface area (Å²) in [6.07, 6.45) is 23.6. The molecule has 6 heteroatoms. The number of nitrogens with one attached hydrogen (secondary N) is 4. The quantitative estimate of drug-likeness (QED) is 0.0645. The summed E-state index contributed by atoms with van der Waals surface area (Å²) in [7, 11) is 0. The van der Waals surface area contributed by atoms with E-state index < -0.39 is 0 Å². The summed E-state index contributed by atoms with van der Waals surface area (Å²) < 4.78 is 0. The van der Waals surface area contributed by atoms with Gasteiger partial charge in [0.2, 0.25) is 0 Å². The molecule has 0 saturated heterocycles. The predicted octanol–water partition coefficient (Wildman–Crippen LogP) is 5.52. The molecular weight excluding hydrogens is 460 g/mol. The van der Waals surface area contributed by atoms with Gasteiger partial charge in [-0.2, -0.15) is 0 Å². The highest BCUT2D eigenvalue weighted by Gasteiger charge is 2.04. The van der Waals surface area contributed by atoms with E-state index in [1.54, 1.807) is 0 Å². The molecule has 37 heavy (non-hydrogen) atoms. The molecule has 224 valence electrons. The minimum atomic E-state index is -0.205. The molecule has 0 fully saturated rings.